The fraction of sp³-hybridized carbons (Fsp3) is 0.429. The van der Waals surface area contributed by atoms with E-state index in [4.69, 9.17) is 4.74 Å². The fourth-order valence-electron chi connectivity index (χ4n) is 2.89. The summed E-state index contributed by atoms with van der Waals surface area (Å²) >= 11 is 0. The van der Waals surface area contributed by atoms with Gasteiger partial charge >= 0.3 is 0 Å². The largest absolute Gasteiger partial charge is 0.497 e. The van der Waals surface area contributed by atoms with Crippen molar-refractivity contribution in [2.24, 2.45) is 0 Å². The summed E-state index contributed by atoms with van der Waals surface area (Å²) in [5.74, 6) is 0.692. The van der Waals surface area contributed by atoms with Gasteiger partial charge in [0.2, 0.25) is 0 Å². The van der Waals surface area contributed by atoms with Crippen LogP contribution >= 0.6 is 0 Å². The molecule has 1 amide bonds. The van der Waals surface area contributed by atoms with E-state index in [1.165, 1.54) is 0 Å². The lowest BCUT2D eigenvalue weighted by Gasteiger charge is -2.23. The molecule has 1 N–H and O–H groups in total. The van der Waals surface area contributed by atoms with Crippen molar-refractivity contribution in [2.45, 2.75) is 33.1 Å². The van der Waals surface area contributed by atoms with Gasteiger partial charge in [0.15, 0.2) is 0 Å². The molecule has 0 aliphatic rings. The van der Waals surface area contributed by atoms with Gasteiger partial charge in [-0.05, 0) is 49.1 Å². The zero-order valence-electron chi connectivity index (χ0n) is 16.0. The lowest BCUT2D eigenvalue weighted by Crippen LogP contribution is -2.28. The molecule has 5 heteroatoms. The average Bonchev–Trinajstić information content (AvgIpc) is 2.68. The number of aromatic nitrogens is 1. The van der Waals surface area contributed by atoms with Crippen LogP contribution in [0.15, 0.2) is 42.6 Å². The minimum Gasteiger partial charge on any atom is -0.497 e. The van der Waals surface area contributed by atoms with Crippen LogP contribution in [0.1, 0.15) is 42.7 Å². The van der Waals surface area contributed by atoms with Crippen LogP contribution in [0.4, 0.5) is 5.69 Å². The van der Waals surface area contributed by atoms with Gasteiger partial charge in [-0.3, -0.25) is 9.78 Å². The van der Waals surface area contributed by atoms with E-state index in [0.717, 1.165) is 49.4 Å². The van der Waals surface area contributed by atoms with Gasteiger partial charge in [-0.1, -0.05) is 26.0 Å². The van der Waals surface area contributed by atoms with Crippen LogP contribution in [-0.2, 0) is 6.42 Å². The van der Waals surface area contributed by atoms with Crippen molar-refractivity contribution in [1.82, 2.24) is 10.3 Å². The standard InChI is InChI=1S/C21H29N3O2/c1-4-13-24(14-5-2)18-10-12-22-20(16-18)21(25)23-11-9-17-7-6-8-19(15-17)26-3/h6-8,10,12,15-16H,4-5,9,11,13-14H2,1-3H3,(H,23,25). The van der Waals surface area contributed by atoms with Gasteiger partial charge in [-0.25, -0.2) is 0 Å². The maximum atomic E-state index is 12.4. The summed E-state index contributed by atoms with van der Waals surface area (Å²) < 4.78 is 5.22. The Balaban J connectivity index is 1.95. The van der Waals surface area contributed by atoms with E-state index < -0.39 is 0 Å². The molecule has 0 aliphatic carbocycles. The summed E-state index contributed by atoms with van der Waals surface area (Å²) in [6.07, 6.45) is 4.61. The minimum atomic E-state index is -0.136. The number of nitrogens with zero attached hydrogens (tertiary/aromatic N) is 2. The zero-order valence-corrected chi connectivity index (χ0v) is 16.0. The van der Waals surface area contributed by atoms with Crippen LogP contribution in [0.5, 0.6) is 5.75 Å². The number of pyridine rings is 1. The van der Waals surface area contributed by atoms with Gasteiger partial charge in [-0.15, -0.1) is 0 Å². The minimum absolute atomic E-state index is 0.136. The molecule has 0 bridgehead atoms. The highest BCUT2D eigenvalue weighted by atomic mass is 16.5. The number of methoxy groups -OCH3 is 1. The first-order chi connectivity index (χ1) is 12.7. The van der Waals surface area contributed by atoms with Crippen molar-refractivity contribution in [1.29, 1.82) is 0 Å². The van der Waals surface area contributed by atoms with Crippen molar-refractivity contribution in [3.05, 3.63) is 53.9 Å². The third-order valence-corrected chi connectivity index (χ3v) is 4.16. The summed E-state index contributed by atoms with van der Waals surface area (Å²) in [7, 11) is 1.65. The van der Waals surface area contributed by atoms with Crippen LogP contribution < -0.4 is 15.0 Å². The van der Waals surface area contributed by atoms with Crippen LogP contribution in [0, 0.1) is 0 Å². The van der Waals surface area contributed by atoms with Gasteiger partial charge in [0, 0.05) is 31.5 Å². The van der Waals surface area contributed by atoms with Gasteiger partial charge in [-0.2, -0.15) is 0 Å². The molecule has 140 valence electrons. The molecule has 0 fully saturated rings. The molecule has 2 aromatic rings. The first-order valence-electron chi connectivity index (χ1n) is 9.30. The molecular formula is C21H29N3O2. The van der Waals surface area contributed by atoms with Gasteiger partial charge in [0.1, 0.15) is 11.4 Å². The van der Waals surface area contributed by atoms with Crippen LogP contribution in [0.3, 0.4) is 0 Å². The summed E-state index contributed by atoms with van der Waals surface area (Å²) in [6, 6.07) is 11.7. The van der Waals surface area contributed by atoms with Gasteiger partial charge in [0.25, 0.3) is 5.91 Å². The van der Waals surface area contributed by atoms with E-state index >= 15 is 0 Å². The smallest absolute Gasteiger partial charge is 0.269 e. The molecule has 0 unspecified atom stereocenters. The fourth-order valence-corrected chi connectivity index (χ4v) is 2.89. The molecule has 0 atom stereocenters. The summed E-state index contributed by atoms with van der Waals surface area (Å²) in [5.41, 5.74) is 2.65. The monoisotopic (exact) mass is 355 g/mol. The van der Waals surface area contributed by atoms with Crippen molar-refractivity contribution in [2.75, 3.05) is 31.6 Å². The van der Waals surface area contributed by atoms with Gasteiger partial charge in [0.05, 0.1) is 7.11 Å². The Kier molecular flexibility index (Phi) is 7.93. The lowest BCUT2D eigenvalue weighted by atomic mass is 10.1. The molecule has 1 aromatic carbocycles. The molecule has 0 spiro atoms. The first-order valence-corrected chi connectivity index (χ1v) is 9.30. The second-order valence-electron chi connectivity index (χ2n) is 6.24. The summed E-state index contributed by atoms with van der Waals surface area (Å²) in [5, 5.41) is 2.95. The Bertz CT molecular complexity index is 697. The van der Waals surface area contributed by atoms with Crippen molar-refractivity contribution in [3.8, 4) is 5.75 Å². The molecule has 26 heavy (non-hydrogen) atoms. The lowest BCUT2D eigenvalue weighted by molar-refractivity contribution is 0.0949. The number of amides is 1. The quantitative estimate of drug-likeness (QED) is 0.706. The zero-order chi connectivity index (χ0) is 18.8. The molecule has 0 radical (unpaired) electrons. The summed E-state index contributed by atoms with van der Waals surface area (Å²) in [4.78, 5) is 19.0. The number of benzene rings is 1. The Labute approximate surface area is 156 Å². The topological polar surface area (TPSA) is 54.5 Å². The number of anilines is 1. The van der Waals surface area contributed by atoms with E-state index in [0.29, 0.717) is 12.2 Å². The van der Waals surface area contributed by atoms with Crippen molar-refractivity contribution >= 4 is 11.6 Å². The number of carbonyl (C=O) groups is 1. The second-order valence-corrected chi connectivity index (χ2v) is 6.24. The average molecular weight is 355 g/mol. The number of hydrogen-bond donors (Lipinski definition) is 1. The molecule has 0 saturated carbocycles. The van der Waals surface area contributed by atoms with Crippen LogP contribution in [0.2, 0.25) is 0 Å². The van der Waals surface area contributed by atoms with Gasteiger partial charge < -0.3 is 15.0 Å². The predicted octanol–water partition coefficient (Wildman–Crippen LogP) is 3.69. The Morgan fingerprint density at radius 1 is 1.15 bits per heavy atom. The van der Waals surface area contributed by atoms with E-state index in [1.807, 2.05) is 36.4 Å². The number of carbonyl (C=O) groups excluding carboxylic acids is 1. The molecule has 1 heterocycles. The van der Waals surface area contributed by atoms with Crippen LogP contribution in [-0.4, -0.2) is 37.6 Å². The maximum absolute atomic E-state index is 12.4. The number of rotatable bonds is 10. The maximum Gasteiger partial charge on any atom is 0.269 e. The number of ether oxygens (including phenoxy) is 1. The third kappa shape index (κ3) is 5.76. The summed E-state index contributed by atoms with van der Waals surface area (Å²) in [6.45, 7) is 6.85. The second kappa shape index (κ2) is 10.4. The molecular weight excluding hydrogens is 326 g/mol. The Morgan fingerprint density at radius 2 is 1.92 bits per heavy atom. The van der Waals surface area contributed by atoms with Crippen molar-refractivity contribution < 1.29 is 9.53 Å². The SMILES string of the molecule is CCCN(CCC)c1ccnc(C(=O)NCCc2cccc(OC)c2)c1. The molecule has 0 aliphatic heterocycles. The normalized spacial score (nSPS) is 10.4. The van der Waals surface area contributed by atoms with E-state index in [2.05, 4.69) is 29.0 Å². The Hall–Kier alpha value is -2.56. The highest BCUT2D eigenvalue weighted by Crippen LogP contribution is 2.16. The van der Waals surface area contributed by atoms with E-state index in [-0.39, 0.29) is 5.91 Å². The van der Waals surface area contributed by atoms with E-state index in [9.17, 15) is 4.79 Å². The number of nitrogens with one attached hydrogen (secondary N) is 1. The van der Waals surface area contributed by atoms with Crippen molar-refractivity contribution in [3.63, 3.8) is 0 Å². The van der Waals surface area contributed by atoms with Crippen LogP contribution in [0.25, 0.3) is 0 Å². The first kappa shape index (κ1) is 19.8. The number of hydrogen-bond acceptors (Lipinski definition) is 4. The Morgan fingerprint density at radius 3 is 2.62 bits per heavy atom. The third-order valence-electron chi connectivity index (χ3n) is 4.16. The molecule has 5 nitrogen and oxygen atoms in total. The molecule has 0 saturated heterocycles. The predicted molar refractivity (Wildman–Crippen MR) is 106 cm³/mol. The molecule has 2 rings (SSSR count). The molecule has 1 aromatic heterocycles. The van der Waals surface area contributed by atoms with E-state index in [1.54, 1.807) is 13.3 Å². The highest BCUT2D eigenvalue weighted by Gasteiger charge is 2.11. The highest BCUT2D eigenvalue weighted by molar-refractivity contribution is 5.93.